The molecule has 0 fully saturated rings. The lowest BCUT2D eigenvalue weighted by molar-refractivity contribution is 0.407. The molecule has 1 unspecified atom stereocenters. The van der Waals surface area contributed by atoms with Crippen LogP contribution in [0.2, 0.25) is 10.0 Å². The van der Waals surface area contributed by atoms with Gasteiger partial charge in [0.25, 0.3) is 0 Å². The van der Waals surface area contributed by atoms with E-state index >= 15 is 0 Å². The number of para-hydroxylation sites is 2. The molecular formula is C26H20Cl2N2O2. The molecule has 1 aliphatic heterocycles. The fraction of sp³-hybridized carbons (Fsp3) is 0.115. The number of anilines is 1. The fourth-order valence-corrected chi connectivity index (χ4v) is 4.54. The number of methoxy groups -OCH3 is 1. The van der Waals surface area contributed by atoms with Crippen LogP contribution in [-0.4, -0.2) is 17.9 Å². The predicted molar refractivity (Wildman–Crippen MR) is 132 cm³/mol. The molecule has 0 saturated heterocycles. The highest BCUT2D eigenvalue weighted by molar-refractivity contribution is 6.42. The summed E-state index contributed by atoms with van der Waals surface area (Å²) in [6.45, 7) is 0. The van der Waals surface area contributed by atoms with Crippen LogP contribution in [0.3, 0.4) is 0 Å². The molecule has 4 nitrogen and oxygen atoms in total. The summed E-state index contributed by atoms with van der Waals surface area (Å²) in [5.41, 5.74) is 4.06. The van der Waals surface area contributed by atoms with Crippen LogP contribution < -0.4 is 10.1 Å². The predicted octanol–water partition coefficient (Wildman–Crippen LogP) is 7.54. The summed E-state index contributed by atoms with van der Waals surface area (Å²) >= 11 is 12.6. The van der Waals surface area contributed by atoms with Gasteiger partial charge in [-0.1, -0.05) is 65.7 Å². The van der Waals surface area contributed by atoms with Gasteiger partial charge in [0.05, 0.1) is 40.3 Å². The number of phenols is 1. The van der Waals surface area contributed by atoms with Crippen molar-refractivity contribution in [3.05, 3.63) is 94.0 Å². The smallest absolute Gasteiger partial charge is 0.125 e. The lowest BCUT2D eigenvalue weighted by Gasteiger charge is -2.22. The Labute approximate surface area is 196 Å². The van der Waals surface area contributed by atoms with Gasteiger partial charge in [0.2, 0.25) is 0 Å². The van der Waals surface area contributed by atoms with Gasteiger partial charge in [-0.3, -0.25) is 4.99 Å². The molecule has 0 spiro atoms. The minimum Gasteiger partial charge on any atom is -0.507 e. The number of nitrogens with one attached hydrogen (secondary N) is 1. The monoisotopic (exact) mass is 462 g/mol. The van der Waals surface area contributed by atoms with E-state index in [-0.39, 0.29) is 11.8 Å². The number of rotatable bonds is 3. The minimum absolute atomic E-state index is 0.196. The largest absolute Gasteiger partial charge is 0.507 e. The van der Waals surface area contributed by atoms with Crippen LogP contribution in [-0.2, 0) is 0 Å². The van der Waals surface area contributed by atoms with Gasteiger partial charge in [0.15, 0.2) is 0 Å². The molecule has 0 aromatic heterocycles. The lowest BCUT2D eigenvalue weighted by atomic mass is 9.93. The SMILES string of the molecule is COc1cc(Cl)c(Cl)cc1C1CC(c2c(O)ccc3ccccc23)=Nc2ccccc2N1. The second-order valence-electron chi connectivity index (χ2n) is 7.67. The fourth-order valence-electron chi connectivity index (χ4n) is 4.22. The van der Waals surface area contributed by atoms with E-state index in [1.54, 1.807) is 19.2 Å². The Kier molecular flexibility index (Phi) is 5.41. The number of phenolic OH excluding ortho intramolecular Hbond substituents is 1. The molecule has 0 saturated carbocycles. The standard InChI is InChI=1S/C26H20Cl2N2O2/c1-32-25-13-19(28)18(27)12-17(25)22-14-23(30-21-9-5-4-8-20(21)29-22)26-16-7-3-2-6-15(16)10-11-24(26)31/h2-13,22,29,31H,14H2,1H3. The Balaban J connectivity index is 1.72. The van der Waals surface area contributed by atoms with E-state index < -0.39 is 0 Å². The molecule has 0 radical (unpaired) electrons. The number of nitrogens with zero attached hydrogens (tertiary/aromatic N) is 1. The Morgan fingerprint density at radius 3 is 2.56 bits per heavy atom. The van der Waals surface area contributed by atoms with Crippen molar-refractivity contribution < 1.29 is 9.84 Å². The summed E-state index contributed by atoms with van der Waals surface area (Å²) < 4.78 is 5.63. The first-order valence-electron chi connectivity index (χ1n) is 10.2. The molecule has 1 heterocycles. The highest BCUT2D eigenvalue weighted by atomic mass is 35.5. The van der Waals surface area contributed by atoms with E-state index in [0.717, 1.165) is 39.0 Å². The number of benzene rings is 4. The Morgan fingerprint density at radius 2 is 1.72 bits per heavy atom. The lowest BCUT2D eigenvalue weighted by Crippen LogP contribution is -2.16. The topological polar surface area (TPSA) is 53.9 Å². The molecule has 1 atom stereocenters. The molecular weight excluding hydrogens is 443 g/mol. The Bertz CT molecular complexity index is 1370. The summed E-state index contributed by atoms with van der Waals surface area (Å²) in [5.74, 6) is 0.833. The van der Waals surface area contributed by atoms with Crippen LogP contribution in [0.1, 0.15) is 23.6 Å². The van der Waals surface area contributed by atoms with E-state index in [9.17, 15) is 5.11 Å². The van der Waals surface area contributed by atoms with Crippen LogP contribution >= 0.6 is 23.2 Å². The van der Waals surface area contributed by atoms with Crippen molar-refractivity contribution in [1.82, 2.24) is 0 Å². The summed E-state index contributed by atoms with van der Waals surface area (Å²) in [6.07, 6.45) is 0.505. The van der Waals surface area contributed by atoms with Crippen LogP contribution in [0, 0.1) is 0 Å². The van der Waals surface area contributed by atoms with Crippen LogP contribution in [0.5, 0.6) is 11.5 Å². The minimum atomic E-state index is -0.208. The Hall–Kier alpha value is -3.21. The quantitative estimate of drug-likeness (QED) is 0.330. The maximum Gasteiger partial charge on any atom is 0.125 e. The highest BCUT2D eigenvalue weighted by Crippen LogP contribution is 2.42. The van der Waals surface area contributed by atoms with Crippen LogP contribution in [0.25, 0.3) is 10.8 Å². The second kappa shape index (κ2) is 8.38. The van der Waals surface area contributed by atoms with Crippen molar-refractivity contribution in [2.24, 2.45) is 4.99 Å². The third kappa shape index (κ3) is 3.66. The van der Waals surface area contributed by atoms with Crippen molar-refractivity contribution in [2.75, 3.05) is 12.4 Å². The molecule has 4 aromatic carbocycles. The summed E-state index contributed by atoms with van der Waals surface area (Å²) in [6, 6.07) is 22.8. The van der Waals surface area contributed by atoms with Gasteiger partial charge in [0.1, 0.15) is 11.5 Å². The van der Waals surface area contributed by atoms with Crippen molar-refractivity contribution in [3.63, 3.8) is 0 Å². The summed E-state index contributed by atoms with van der Waals surface area (Å²) in [7, 11) is 1.61. The number of aliphatic imine (C=N–C) groups is 1. The molecule has 160 valence electrons. The first-order chi connectivity index (χ1) is 15.5. The van der Waals surface area contributed by atoms with Crippen molar-refractivity contribution in [1.29, 1.82) is 0 Å². The van der Waals surface area contributed by atoms with Gasteiger partial charge in [-0.2, -0.15) is 0 Å². The second-order valence-corrected chi connectivity index (χ2v) is 8.48. The zero-order chi connectivity index (χ0) is 22.2. The number of aromatic hydroxyl groups is 1. The van der Waals surface area contributed by atoms with E-state index in [4.69, 9.17) is 32.9 Å². The van der Waals surface area contributed by atoms with E-state index in [0.29, 0.717) is 22.2 Å². The zero-order valence-electron chi connectivity index (χ0n) is 17.3. The van der Waals surface area contributed by atoms with Crippen LogP contribution in [0.15, 0.2) is 77.8 Å². The zero-order valence-corrected chi connectivity index (χ0v) is 18.8. The number of hydrogen-bond donors (Lipinski definition) is 2. The molecule has 4 aromatic rings. The van der Waals surface area contributed by atoms with Crippen LogP contribution in [0.4, 0.5) is 11.4 Å². The first kappa shape index (κ1) is 20.7. The third-order valence-electron chi connectivity index (χ3n) is 5.73. The third-order valence-corrected chi connectivity index (χ3v) is 6.45. The van der Waals surface area contributed by atoms with Crippen molar-refractivity contribution in [2.45, 2.75) is 12.5 Å². The average Bonchev–Trinajstić information content (AvgIpc) is 3.00. The van der Waals surface area contributed by atoms with Gasteiger partial charge in [-0.25, -0.2) is 0 Å². The van der Waals surface area contributed by atoms with E-state index in [2.05, 4.69) is 5.32 Å². The molecule has 0 amide bonds. The molecule has 5 rings (SSSR count). The van der Waals surface area contributed by atoms with Gasteiger partial charge in [0, 0.05) is 23.6 Å². The molecule has 0 aliphatic carbocycles. The highest BCUT2D eigenvalue weighted by Gasteiger charge is 2.26. The van der Waals surface area contributed by atoms with Crippen molar-refractivity contribution >= 4 is 51.1 Å². The van der Waals surface area contributed by atoms with Crippen molar-refractivity contribution in [3.8, 4) is 11.5 Å². The number of ether oxygens (including phenoxy) is 1. The molecule has 32 heavy (non-hydrogen) atoms. The van der Waals surface area contributed by atoms with E-state index in [1.807, 2.05) is 60.7 Å². The van der Waals surface area contributed by atoms with Gasteiger partial charge < -0.3 is 15.2 Å². The number of halogens is 2. The summed E-state index contributed by atoms with van der Waals surface area (Å²) in [5, 5.41) is 17.3. The normalized spacial score (nSPS) is 15.5. The van der Waals surface area contributed by atoms with Gasteiger partial charge in [-0.05, 0) is 35.0 Å². The van der Waals surface area contributed by atoms with E-state index in [1.165, 1.54) is 0 Å². The Morgan fingerprint density at radius 1 is 0.969 bits per heavy atom. The molecule has 6 heteroatoms. The number of hydrogen-bond acceptors (Lipinski definition) is 4. The maximum absolute atomic E-state index is 10.9. The van der Waals surface area contributed by atoms with Gasteiger partial charge in [-0.15, -0.1) is 0 Å². The molecule has 2 N–H and O–H groups in total. The average molecular weight is 463 g/mol. The molecule has 0 bridgehead atoms. The van der Waals surface area contributed by atoms with Gasteiger partial charge >= 0.3 is 0 Å². The first-order valence-corrected chi connectivity index (χ1v) is 11.0. The maximum atomic E-state index is 10.9. The molecule has 1 aliphatic rings. The number of fused-ring (bicyclic) bond motifs is 2. The summed E-state index contributed by atoms with van der Waals surface area (Å²) in [4.78, 5) is 4.99.